The van der Waals surface area contributed by atoms with E-state index in [1.54, 1.807) is 14.2 Å². The summed E-state index contributed by atoms with van der Waals surface area (Å²) in [4.78, 5) is 10.9. The lowest BCUT2D eigenvalue weighted by Crippen LogP contribution is -2.32. The van der Waals surface area contributed by atoms with Crippen LogP contribution in [-0.2, 0) is 6.54 Å². The van der Waals surface area contributed by atoms with E-state index in [1.165, 1.54) is 0 Å². The first kappa shape index (κ1) is 10.4. The van der Waals surface area contributed by atoms with Crippen LogP contribution in [0.3, 0.4) is 0 Å². The van der Waals surface area contributed by atoms with E-state index in [0.29, 0.717) is 6.54 Å². The highest BCUT2D eigenvalue weighted by molar-refractivity contribution is 5.73. The smallest absolute Gasteiger partial charge is 0.314 e. The summed E-state index contributed by atoms with van der Waals surface area (Å²) in [6, 6.07) is 7.37. The number of hydrogen-bond acceptors (Lipinski definition) is 2. The third kappa shape index (κ3) is 2.65. The molecule has 2 N–H and O–H groups in total. The molecule has 1 aromatic carbocycles. The van der Waals surface area contributed by atoms with Gasteiger partial charge in [-0.25, -0.2) is 4.79 Å². The fourth-order valence-electron chi connectivity index (χ4n) is 1.11. The summed E-state index contributed by atoms with van der Waals surface area (Å²) in [6.45, 7) is 0.462. The lowest BCUT2D eigenvalue weighted by molar-refractivity contribution is 0.242. The highest BCUT2D eigenvalue weighted by atomic mass is 16.5. The zero-order chi connectivity index (χ0) is 10.4. The van der Waals surface area contributed by atoms with Gasteiger partial charge in [0.1, 0.15) is 5.75 Å². The second kappa shape index (κ2) is 5.11. The summed E-state index contributed by atoms with van der Waals surface area (Å²) in [7, 11) is 3.19. The summed E-state index contributed by atoms with van der Waals surface area (Å²) in [5, 5.41) is 5.18. The summed E-state index contributed by atoms with van der Waals surface area (Å²) >= 11 is 0. The minimum Gasteiger partial charge on any atom is -0.496 e. The van der Waals surface area contributed by atoms with E-state index < -0.39 is 0 Å². The van der Waals surface area contributed by atoms with E-state index >= 15 is 0 Å². The molecule has 76 valence electrons. The van der Waals surface area contributed by atoms with Gasteiger partial charge in [0, 0.05) is 19.2 Å². The highest BCUT2D eigenvalue weighted by Crippen LogP contribution is 2.16. The number of amides is 2. The average molecular weight is 194 g/mol. The minimum atomic E-state index is -0.198. The maximum absolute atomic E-state index is 10.9. The van der Waals surface area contributed by atoms with Crippen LogP contribution in [0.25, 0.3) is 0 Å². The predicted octanol–water partition coefficient (Wildman–Crippen LogP) is 1.12. The summed E-state index contributed by atoms with van der Waals surface area (Å²) in [5.41, 5.74) is 0.957. The quantitative estimate of drug-likeness (QED) is 0.757. The summed E-state index contributed by atoms with van der Waals surface area (Å²) < 4.78 is 5.14. The van der Waals surface area contributed by atoms with Crippen LogP contribution in [0.5, 0.6) is 5.75 Å². The van der Waals surface area contributed by atoms with Crippen molar-refractivity contribution in [3.8, 4) is 5.75 Å². The number of nitrogens with one attached hydrogen (secondary N) is 2. The topological polar surface area (TPSA) is 50.4 Å². The number of hydrogen-bond donors (Lipinski definition) is 2. The normalized spacial score (nSPS) is 9.29. The van der Waals surface area contributed by atoms with Gasteiger partial charge in [-0.15, -0.1) is 0 Å². The van der Waals surface area contributed by atoms with Gasteiger partial charge in [-0.3, -0.25) is 0 Å². The Bertz CT molecular complexity index is 313. The van der Waals surface area contributed by atoms with Crippen molar-refractivity contribution in [1.29, 1.82) is 0 Å². The Morgan fingerprint density at radius 2 is 2.14 bits per heavy atom. The van der Waals surface area contributed by atoms with Crippen molar-refractivity contribution in [2.24, 2.45) is 0 Å². The van der Waals surface area contributed by atoms with E-state index in [0.717, 1.165) is 11.3 Å². The van der Waals surface area contributed by atoms with Crippen LogP contribution in [-0.4, -0.2) is 20.2 Å². The standard InChI is InChI=1S/C10H14N2O2/c1-11-10(13)12-7-8-5-3-4-6-9(8)14-2/h3-6H,7H2,1-2H3,(H2,11,12,13). The van der Waals surface area contributed by atoms with Crippen LogP contribution in [0.2, 0.25) is 0 Å². The van der Waals surface area contributed by atoms with Gasteiger partial charge in [0.15, 0.2) is 0 Å². The Balaban J connectivity index is 2.61. The third-order valence-corrected chi connectivity index (χ3v) is 1.86. The fraction of sp³-hybridized carbons (Fsp3) is 0.300. The minimum absolute atomic E-state index is 0.198. The first-order valence-electron chi connectivity index (χ1n) is 4.35. The molecule has 0 saturated heterocycles. The second-order valence-corrected chi connectivity index (χ2v) is 2.74. The first-order chi connectivity index (χ1) is 6.77. The molecule has 0 fully saturated rings. The van der Waals surface area contributed by atoms with Gasteiger partial charge in [0.25, 0.3) is 0 Å². The molecule has 1 rings (SSSR count). The molecule has 4 nitrogen and oxygen atoms in total. The first-order valence-corrected chi connectivity index (χ1v) is 4.35. The van der Waals surface area contributed by atoms with Gasteiger partial charge in [0.05, 0.1) is 7.11 Å². The Hall–Kier alpha value is -1.71. The molecule has 14 heavy (non-hydrogen) atoms. The Labute approximate surface area is 83.3 Å². The van der Waals surface area contributed by atoms with Crippen LogP contribution in [0.15, 0.2) is 24.3 Å². The predicted molar refractivity (Wildman–Crippen MR) is 54.3 cm³/mol. The van der Waals surface area contributed by atoms with Crippen LogP contribution < -0.4 is 15.4 Å². The third-order valence-electron chi connectivity index (χ3n) is 1.86. The number of methoxy groups -OCH3 is 1. The van der Waals surface area contributed by atoms with Crippen LogP contribution in [0.1, 0.15) is 5.56 Å². The molecule has 0 aromatic heterocycles. The second-order valence-electron chi connectivity index (χ2n) is 2.74. The lowest BCUT2D eigenvalue weighted by atomic mass is 10.2. The van der Waals surface area contributed by atoms with E-state index in [4.69, 9.17) is 4.74 Å². The molecule has 0 aliphatic heterocycles. The summed E-state index contributed by atoms with van der Waals surface area (Å²) in [6.07, 6.45) is 0. The van der Waals surface area contributed by atoms with Crippen LogP contribution >= 0.6 is 0 Å². The number of carbonyl (C=O) groups is 1. The number of ether oxygens (including phenoxy) is 1. The largest absolute Gasteiger partial charge is 0.496 e. The van der Waals surface area contributed by atoms with Gasteiger partial charge in [-0.05, 0) is 6.07 Å². The highest BCUT2D eigenvalue weighted by Gasteiger charge is 2.02. The number of rotatable bonds is 3. The Morgan fingerprint density at radius 1 is 1.43 bits per heavy atom. The molecular formula is C10H14N2O2. The molecule has 0 atom stereocenters. The van der Waals surface area contributed by atoms with Crippen molar-refractivity contribution in [3.63, 3.8) is 0 Å². The van der Waals surface area contributed by atoms with Crippen molar-refractivity contribution in [3.05, 3.63) is 29.8 Å². The molecule has 0 bridgehead atoms. The molecule has 0 aliphatic carbocycles. The van der Waals surface area contributed by atoms with Crippen molar-refractivity contribution in [2.75, 3.05) is 14.2 Å². The van der Waals surface area contributed by atoms with Crippen molar-refractivity contribution in [2.45, 2.75) is 6.54 Å². The van der Waals surface area contributed by atoms with E-state index in [9.17, 15) is 4.79 Å². The number of para-hydroxylation sites is 1. The molecular weight excluding hydrogens is 180 g/mol. The molecule has 2 amide bonds. The van der Waals surface area contributed by atoms with Crippen LogP contribution in [0, 0.1) is 0 Å². The van der Waals surface area contributed by atoms with Gasteiger partial charge < -0.3 is 15.4 Å². The SMILES string of the molecule is CNC(=O)NCc1ccccc1OC. The van der Waals surface area contributed by atoms with Gasteiger partial charge in [-0.2, -0.15) is 0 Å². The van der Waals surface area contributed by atoms with E-state index in [2.05, 4.69) is 10.6 Å². The van der Waals surface area contributed by atoms with E-state index in [1.807, 2.05) is 24.3 Å². The molecule has 0 unspecified atom stereocenters. The molecule has 1 aromatic rings. The molecule has 0 heterocycles. The molecule has 0 aliphatic rings. The molecule has 4 heteroatoms. The van der Waals surface area contributed by atoms with Crippen molar-refractivity contribution >= 4 is 6.03 Å². The Morgan fingerprint density at radius 3 is 2.79 bits per heavy atom. The lowest BCUT2D eigenvalue weighted by Gasteiger charge is -2.08. The Kier molecular flexibility index (Phi) is 3.79. The summed E-state index contributed by atoms with van der Waals surface area (Å²) in [5.74, 6) is 0.781. The van der Waals surface area contributed by atoms with E-state index in [-0.39, 0.29) is 6.03 Å². The monoisotopic (exact) mass is 194 g/mol. The molecule has 0 radical (unpaired) electrons. The van der Waals surface area contributed by atoms with Gasteiger partial charge >= 0.3 is 6.03 Å². The number of benzene rings is 1. The van der Waals surface area contributed by atoms with Crippen molar-refractivity contribution < 1.29 is 9.53 Å². The zero-order valence-corrected chi connectivity index (χ0v) is 8.33. The maximum atomic E-state index is 10.9. The zero-order valence-electron chi connectivity index (χ0n) is 8.33. The maximum Gasteiger partial charge on any atom is 0.314 e. The number of urea groups is 1. The van der Waals surface area contributed by atoms with Gasteiger partial charge in [0.2, 0.25) is 0 Å². The average Bonchev–Trinajstić information content (AvgIpc) is 2.26. The fourth-order valence-corrected chi connectivity index (χ4v) is 1.11. The molecule has 0 spiro atoms. The number of carbonyl (C=O) groups excluding carboxylic acids is 1. The van der Waals surface area contributed by atoms with Gasteiger partial charge in [-0.1, -0.05) is 18.2 Å². The van der Waals surface area contributed by atoms with Crippen LogP contribution in [0.4, 0.5) is 4.79 Å². The van der Waals surface area contributed by atoms with Crippen molar-refractivity contribution in [1.82, 2.24) is 10.6 Å². The molecule has 0 saturated carbocycles.